The highest BCUT2D eigenvalue weighted by molar-refractivity contribution is 5.43. The molecule has 1 aliphatic heterocycles. The van der Waals surface area contributed by atoms with E-state index in [4.69, 9.17) is 14.6 Å². The lowest BCUT2D eigenvalue weighted by molar-refractivity contribution is 0.0451. The molecule has 176 valence electrons. The SMILES string of the molecule is CCc1nn(-c2ccccc2)c(Oc2ccccc2)c1CN(CC(O)CC)CC1CCCO1. The lowest BCUT2D eigenvalue weighted by Gasteiger charge is -2.27. The lowest BCUT2D eigenvalue weighted by Crippen LogP contribution is -2.37. The van der Waals surface area contributed by atoms with E-state index >= 15 is 0 Å². The molecular formula is C27H35N3O3. The Bertz CT molecular complexity index is 985. The van der Waals surface area contributed by atoms with Gasteiger partial charge in [0.15, 0.2) is 0 Å². The minimum atomic E-state index is -0.376. The third kappa shape index (κ3) is 6.02. The van der Waals surface area contributed by atoms with Crippen molar-refractivity contribution in [3.05, 3.63) is 71.9 Å². The highest BCUT2D eigenvalue weighted by Crippen LogP contribution is 2.32. The Labute approximate surface area is 196 Å². The number of rotatable bonds is 11. The molecule has 0 saturated carbocycles. The molecule has 33 heavy (non-hydrogen) atoms. The molecule has 6 heteroatoms. The van der Waals surface area contributed by atoms with Crippen LogP contribution in [-0.2, 0) is 17.7 Å². The Kier molecular flexibility index (Phi) is 8.15. The van der Waals surface area contributed by atoms with Crippen molar-refractivity contribution in [3.8, 4) is 17.3 Å². The molecule has 0 aliphatic carbocycles. The number of para-hydroxylation sites is 2. The zero-order valence-electron chi connectivity index (χ0n) is 19.7. The molecule has 2 unspecified atom stereocenters. The first-order chi connectivity index (χ1) is 16.2. The second-order valence-corrected chi connectivity index (χ2v) is 8.64. The Balaban J connectivity index is 1.71. The van der Waals surface area contributed by atoms with Crippen molar-refractivity contribution >= 4 is 0 Å². The van der Waals surface area contributed by atoms with Crippen molar-refractivity contribution in [1.29, 1.82) is 0 Å². The molecule has 1 saturated heterocycles. The molecule has 3 aromatic rings. The summed E-state index contributed by atoms with van der Waals surface area (Å²) in [6, 6.07) is 20.0. The first-order valence-electron chi connectivity index (χ1n) is 12.1. The predicted molar refractivity (Wildman–Crippen MR) is 130 cm³/mol. The molecule has 2 aromatic carbocycles. The lowest BCUT2D eigenvalue weighted by atomic mass is 10.1. The Morgan fingerprint density at radius 3 is 2.48 bits per heavy atom. The minimum Gasteiger partial charge on any atom is -0.439 e. The number of hydrogen-bond donors (Lipinski definition) is 1. The van der Waals surface area contributed by atoms with Gasteiger partial charge in [-0.1, -0.05) is 50.2 Å². The molecule has 1 N–H and O–H groups in total. The average molecular weight is 450 g/mol. The van der Waals surface area contributed by atoms with E-state index in [0.717, 1.165) is 67.4 Å². The van der Waals surface area contributed by atoms with Crippen LogP contribution in [0.25, 0.3) is 5.69 Å². The fraction of sp³-hybridized carbons (Fsp3) is 0.444. The smallest absolute Gasteiger partial charge is 0.227 e. The van der Waals surface area contributed by atoms with Crippen LogP contribution in [0.1, 0.15) is 44.4 Å². The zero-order chi connectivity index (χ0) is 23.0. The quantitative estimate of drug-likeness (QED) is 0.447. The molecule has 0 spiro atoms. The standard InChI is InChI=1S/C27H35N3O3/c1-3-22(31)18-29(19-24-16-11-17-32-24)20-25-26(4-2)28-30(21-12-7-5-8-13-21)27(25)33-23-14-9-6-10-15-23/h5-10,12-15,22,24,31H,3-4,11,16-20H2,1-2H3. The summed E-state index contributed by atoms with van der Waals surface area (Å²) in [5.74, 6) is 1.50. The van der Waals surface area contributed by atoms with E-state index in [9.17, 15) is 5.11 Å². The van der Waals surface area contributed by atoms with Gasteiger partial charge in [-0.25, -0.2) is 4.68 Å². The van der Waals surface area contributed by atoms with Crippen LogP contribution in [0.3, 0.4) is 0 Å². The van der Waals surface area contributed by atoms with Crippen LogP contribution in [0.2, 0.25) is 0 Å². The second kappa shape index (κ2) is 11.5. The van der Waals surface area contributed by atoms with Crippen molar-refractivity contribution < 1.29 is 14.6 Å². The van der Waals surface area contributed by atoms with Crippen molar-refractivity contribution in [2.24, 2.45) is 0 Å². The summed E-state index contributed by atoms with van der Waals surface area (Å²) in [6.45, 7) is 7.00. The maximum atomic E-state index is 10.5. The molecule has 6 nitrogen and oxygen atoms in total. The summed E-state index contributed by atoms with van der Waals surface area (Å²) in [5, 5.41) is 15.4. The summed E-state index contributed by atoms with van der Waals surface area (Å²) in [4.78, 5) is 2.30. The highest BCUT2D eigenvalue weighted by atomic mass is 16.5. The third-order valence-electron chi connectivity index (χ3n) is 6.12. The van der Waals surface area contributed by atoms with E-state index < -0.39 is 0 Å². The second-order valence-electron chi connectivity index (χ2n) is 8.64. The van der Waals surface area contributed by atoms with Crippen molar-refractivity contribution in [2.45, 2.75) is 58.3 Å². The largest absolute Gasteiger partial charge is 0.439 e. The van der Waals surface area contributed by atoms with Crippen LogP contribution >= 0.6 is 0 Å². The molecule has 0 bridgehead atoms. The Morgan fingerprint density at radius 2 is 1.85 bits per heavy atom. The first-order valence-corrected chi connectivity index (χ1v) is 12.1. The topological polar surface area (TPSA) is 59.8 Å². The van der Waals surface area contributed by atoms with Gasteiger partial charge in [0.05, 0.1) is 29.2 Å². The zero-order valence-corrected chi connectivity index (χ0v) is 19.7. The maximum absolute atomic E-state index is 10.5. The Morgan fingerprint density at radius 1 is 1.12 bits per heavy atom. The monoisotopic (exact) mass is 449 g/mol. The first kappa shape index (κ1) is 23.5. The summed E-state index contributed by atoms with van der Waals surface area (Å²) in [7, 11) is 0. The van der Waals surface area contributed by atoms with E-state index in [2.05, 4.69) is 11.8 Å². The molecule has 2 atom stereocenters. The molecule has 0 amide bonds. The number of aliphatic hydroxyl groups is 1. The van der Waals surface area contributed by atoms with Crippen LogP contribution < -0.4 is 4.74 Å². The normalized spacial score (nSPS) is 16.9. The molecule has 1 aromatic heterocycles. The number of hydrogen-bond acceptors (Lipinski definition) is 5. The fourth-order valence-corrected chi connectivity index (χ4v) is 4.30. The summed E-state index contributed by atoms with van der Waals surface area (Å²) >= 11 is 0. The van der Waals surface area contributed by atoms with Gasteiger partial charge in [-0.3, -0.25) is 4.90 Å². The number of aromatic nitrogens is 2. The van der Waals surface area contributed by atoms with Crippen LogP contribution in [0.15, 0.2) is 60.7 Å². The minimum absolute atomic E-state index is 0.210. The van der Waals surface area contributed by atoms with Crippen molar-refractivity contribution in [1.82, 2.24) is 14.7 Å². The van der Waals surface area contributed by atoms with Crippen LogP contribution in [0.5, 0.6) is 11.6 Å². The number of aliphatic hydroxyl groups excluding tert-OH is 1. The van der Waals surface area contributed by atoms with Gasteiger partial charge in [-0.05, 0) is 49.9 Å². The molecule has 1 fully saturated rings. The Hall–Kier alpha value is -2.67. The number of benzene rings is 2. The third-order valence-corrected chi connectivity index (χ3v) is 6.12. The molecule has 0 radical (unpaired) electrons. The van der Waals surface area contributed by atoms with Gasteiger partial charge < -0.3 is 14.6 Å². The average Bonchev–Trinajstić information content (AvgIpc) is 3.48. The van der Waals surface area contributed by atoms with E-state index in [1.54, 1.807) is 0 Å². The molecule has 2 heterocycles. The van der Waals surface area contributed by atoms with Gasteiger partial charge in [0.1, 0.15) is 5.75 Å². The van der Waals surface area contributed by atoms with E-state index in [1.165, 1.54) is 0 Å². The van der Waals surface area contributed by atoms with E-state index in [0.29, 0.717) is 13.1 Å². The van der Waals surface area contributed by atoms with Gasteiger partial charge in [-0.15, -0.1) is 0 Å². The van der Waals surface area contributed by atoms with Gasteiger partial charge >= 0.3 is 0 Å². The van der Waals surface area contributed by atoms with Crippen molar-refractivity contribution in [3.63, 3.8) is 0 Å². The molecular weight excluding hydrogens is 414 g/mol. The van der Waals surface area contributed by atoms with Crippen LogP contribution in [0.4, 0.5) is 0 Å². The number of aryl methyl sites for hydroxylation is 1. The van der Waals surface area contributed by atoms with E-state index in [-0.39, 0.29) is 12.2 Å². The molecule has 4 rings (SSSR count). The van der Waals surface area contributed by atoms with Gasteiger partial charge in [0, 0.05) is 26.2 Å². The molecule has 1 aliphatic rings. The van der Waals surface area contributed by atoms with Crippen LogP contribution in [0, 0.1) is 0 Å². The van der Waals surface area contributed by atoms with Gasteiger partial charge in [0.25, 0.3) is 0 Å². The number of nitrogens with zero attached hydrogens (tertiary/aromatic N) is 3. The summed E-state index contributed by atoms with van der Waals surface area (Å²) in [6.07, 6.45) is 3.52. The number of ether oxygens (including phenoxy) is 2. The maximum Gasteiger partial charge on any atom is 0.227 e. The summed E-state index contributed by atoms with van der Waals surface area (Å²) < 4.78 is 14.3. The van der Waals surface area contributed by atoms with Crippen molar-refractivity contribution in [2.75, 3.05) is 19.7 Å². The fourth-order valence-electron chi connectivity index (χ4n) is 4.30. The predicted octanol–water partition coefficient (Wildman–Crippen LogP) is 4.98. The van der Waals surface area contributed by atoms with Gasteiger partial charge in [0.2, 0.25) is 5.88 Å². The van der Waals surface area contributed by atoms with Crippen LogP contribution in [-0.4, -0.2) is 51.7 Å². The van der Waals surface area contributed by atoms with Gasteiger partial charge in [-0.2, -0.15) is 5.10 Å². The highest BCUT2D eigenvalue weighted by Gasteiger charge is 2.26. The summed E-state index contributed by atoms with van der Waals surface area (Å²) in [5.41, 5.74) is 3.03. The van der Waals surface area contributed by atoms with E-state index in [1.807, 2.05) is 72.3 Å².